The Bertz CT molecular complexity index is 1210. The second kappa shape index (κ2) is 9.22. The van der Waals surface area contributed by atoms with Crippen LogP contribution < -0.4 is 0 Å². The molecule has 5 aliphatic rings. The van der Waals surface area contributed by atoms with Crippen LogP contribution in [0.4, 0.5) is 0 Å². The van der Waals surface area contributed by atoms with Crippen molar-refractivity contribution >= 4 is 5.57 Å². The highest BCUT2D eigenvalue weighted by molar-refractivity contribution is 5.70. The number of aliphatic hydroxyl groups excluding tert-OH is 2. The minimum Gasteiger partial charge on any atom is -0.396 e. The van der Waals surface area contributed by atoms with Crippen molar-refractivity contribution in [2.45, 2.75) is 106 Å². The van der Waals surface area contributed by atoms with Crippen LogP contribution in [0.5, 0.6) is 0 Å². The van der Waals surface area contributed by atoms with Gasteiger partial charge in [-0.25, -0.2) is 9.97 Å². The van der Waals surface area contributed by atoms with Crippen LogP contribution in [-0.4, -0.2) is 31.9 Å². The van der Waals surface area contributed by atoms with Gasteiger partial charge in [-0.3, -0.25) is 0 Å². The van der Waals surface area contributed by atoms with Gasteiger partial charge < -0.3 is 15.3 Å². The summed E-state index contributed by atoms with van der Waals surface area (Å²) in [6.45, 7) is 19.8. The lowest BCUT2D eigenvalue weighted by atomic mass is 9.32. The lowest BCUT2D eigenvalue weighted by Gasteiger charge is -2.72. The van der Waals surface area contributed by atoms with Gasteiger partial charge >= 0.3 is 0 Å². The first-order valence-electron chi connectivity index (χ1n) is 15.9. The molecule has 2 unspecified atom stereocenters. The van der Waals surface area contributed by atoms with Crippen molar-refractivity contribution in [3.63, 3.8) is 0 Å². The summed E-state index contributed by atoms with van der Waals surface area (Å²) in [5.74, 6) is 3.09. The molecule has 1 aromatic heterocycles. The largest absolute Gasteiger partial charge is 0.396 e. The van der Waals surface area contributed by atoms with E-state index in [1.165, 1.54) is 62.5 Å². The zero-order chi connectivity index (χ0) is 28.9. The fourth-order valence-corrected chi connectivity index (χ4v) is 12.3. The summed E-state index contributed by atoms with van der Waals surface area (Å²) in [6.07, 6.45) is 15.3. The summed E-state index contributed by atoms with van der Waals surface area (Å²) in [4.78, 5) is 8.51. The molecule has 9 atom stereocenters. The first kappa shape index (κ1) is 28.6. The zero-order valence-corrected chi connectivity index (χ0v) is 25.7. The minimum atomic E-state index is -1.64. The molecule has 5 heteroatoms. The summed E-state index contributed by atoms with van der Waals surface area (Å²) in [6, 6.07) is 0. The van der Waals surface area contributed by atoms with E-state index in [0.717, 1.165) is 12.0 Å². The van der Waals surface area contributed by atoms with E-state index in [4.69, 9.17) is 0 Å². The van der Waals surface area contributed by atoms with E-state index in [1.54, 1.807) is 12.4 Å². The lowest BCUT2D eigenvalue weighted by molar-refractivity contribution is -0.228. The van der Waals surface area contributed by atoms with Crippen molar-refractivity contribution in [3.8, 4) is 0 Å². The van der Waals surface area contributed by atoms with Gasteiger partial charge in [-0.2, -0.15) is 0 Å². The second-order valence-corrected chi connectivity index (χ2v) is 16.0. The average Bonchev–Trinajstić information content (AvgIpc) is 3.29. The molecule has 0 amide bonds. The fraction of sp³-hybridized carbons (Fsp3) is 0.771. The van der Waals surface area contributed by atoms with Crippen molar-refractivity contribution < 1.29 is 15.3 Å². The van der Waals surface area contributed by atoms with Crippen molar-refractivity contribution in [1.29, 1.82) is 0 Å². The maximum Gasteiger partial charge on any atom is 0.214 e. The molecule has 3 N–H and O–H groups in total. The number of hydrogen-bond donors (Lipinski definition) is 3. The third kappa shape index (κ3) is 3.62. The molecule has 5 nitrogen and oxygen atoms in total. The molecule has 0 saturated heterocycles. The van der Waals surface area contributed by atoms with Gasteiger partial charge in [0, 0.05) is 24.6 Å². The van der Waals surface area contributed by atoms with E-state index in [9.17, 15) is 15.3 Å². The van der Waals surface area contributed by atoms with Gasteiger partial charge in [0.25, 0.3) is 0 Å². The number of aromatic nitrogens is 2. The number of allylic oxidation sites excluding steroid dienone is 3. The Labute approximate surface area is 241 Å². The van der Waals surface area contributed by atoms with Crippen LogP contribution in [0, 0.1) is 56.7 Å². The van der Waals surface area contributed by atoms with E-state index in [2.05, 4.69) is 64.2 Å². The highest BCUT2D eigenvalue weighted by Gasteiger charge is 2.70. The number of rotatable bonds is 4. The predicted molar refractivity (Wildman–Crippen MR) is 159 cm³/mol. The van der Waals surface area contributed by atoms with Crippen LogP contribution in [0.25, 0.3) is 5.57 Å². The summed E-state index contributed by atoms with van der Waals surface area (Å²) in [5, 5.41) is 29.7. The number of hydrogen-bond acceptors (Lipinski definition) is 5. The number of nitrogens with zero attached hydrogens (tertiary/aromatic N) is 2. The summed E-state index contributed by atoms with van der Waals surface area (Å²) in [7, 11) is 0. The van der Waals surface area contributed by atoms with Gasteiger partial charge in [0.05, 0.1) is 0 Å². The SMILES string of the molecule is C=C(C)[C@@H]1CC[C@]2(CO)CC[C@]3(C)[C@H](CCC4[C@@]5(C)CC=C(c6cnc(C(O)O)nc6)C(C)(C)[C@@H]5CC[C@]43C)C12. The van der Waals surface area contributed by atoms with Crippen LogP contribution in [0.1, 0.15) is 117 Å². The van der Waals surface area contributed by atoms with Crippen LogP contribution in [-0.2, 0) is 0 Å². The lowest BCUT2D eigenvalue weighted by Crippen LogP contribution is -2.65. The van der Waals surface area contributed by atoms with Crippen LogP contribution in [0.15, 0.2) is 30.6 Å². The van der Waals surface area contributed by atoms with E-state index >= 15 is 0 Å². The van der Waals surface area contributed by atoms with E-state index in [-0.39, 0.29) is 32.9 Å². The highest BCUT2D eigenvalue weighted by atomic mass is 16.5. The maximum absolute atomic E-state index is 10.8. The molecule has 0 aromatic carbocycles. The van der Waals surface area contributed by atoms with Crippen LogP contribution in [0.2, 0.25) is 0 Å². The van der Waals surface area contributed by atoms with Crippen molar-refractivity contribution in [3.05, 3.63) is 42.0 Å². The minimum absolute atomic E-state index is 0.0239. The molecule has 6 rings (SSSR count). The molecule has 1 aromatic rings. The van der Waals surface area contributed by atoms with E-state index in [0.29, 0.717) is 36.2 Å². The molecule has 0 bridgehead atoms. The van der Waals surface area contributed by atoms with Gasteiger partial charge in [0.1, 0.15) is 0 Å². The Kier molecular flexibility index (Phi) is 6.58. The van der Waals surface area contributed by atoms with Crippen molar-refractivity contribution in [2.75, 3.05) is 6.61 Å². The Balaban J connectivity index is 1.36. The van der Waals surface area contributed by atoms with Gasteiger partial charge in [-0.1, -0.05) is 52.8 Å². The third-order valence-electron chi connectivity index (χ3n) is 14.3. The Morgan fingerprint density at radius 2 is 1.62 bits per heavy atom. The van der Waals surface area contributed by atoms with Crippen LogP contribution in [0.3, 0.4) is 0 Å². The van der Waals surface area contributed by atoms with E-state index < -0.39 is 6.29 Å². The Morgan fingerprint density at radius 3 is 2.25 bits per heavy atom. The Hall–Kier alpha value is -1.56. The first-order chi connectivity index (χ1) is 18.7. The van der Waals surface area contributed by atoms with Crippen molar-refractivity contribution in [2.24, 2.45) is 56.7 Å². The molecule has 0 spiro atoms. The standard InChI is InChI=1S/C35H52N2O3/c1-21(2)23-10-15-35(20-38)17-16-33(6)25(28(23)35)8-9-27-32(5)13-11-24(22-18-36-29(30(39)40)37-19-22)31(3,4)26(32)12-14-34(27,33)7/h11,18-19,23,25-28,30,38-40H,1,8-10,12-17,20H2,2-7H3/t23-,25+,26-,27?,28?,32-,33+,34+,35+/m0/s1. The zero-order valence-electron chi connectivity index (χ0n) is 25.7. The monoisotopic (exact) mass is 548 g/mol. The molecule has 0 aliphatic heterocycles. The third-order valence-corrected chi connectivity index (χ3v) is 14.3. The average molecular weight is 549 g/mol. The normalized spacial score (nSPS) is 45.6. The van der Waals surface area contributed by atoms with Crippen molar-refractivity contribution in [1.82, 2.24) is 9.97 Å². The summed E-state index contributed by atoms with van der Waals surface area (Å²) in [5.41, 5.74) is 4.52. The predicted octanol–water partition coefficient (Wildman–Crippen LogP) is 7.10. The fourth-order valence-electron chi connectivity index (χ4n) is 12.3. The molecule has 4 saturated carbocycles. The topological polar surface area (TPSA) is 86.5 Å². The maximum atomic E-state index is 10.8. The summed E-state index contributed by atoms with van der Waals surface area (Å²) >= 11 is 0. The number of fused-ring (bicyclic) bond motifs is 7. The van der Waals surface area contributed by atoms with E-state index in [1.807, 2.05) is 0 Å². The molecule has 0 radical (unpaired) electrons. The van der Waals surface area contributed by atoms with Gasteiger partial charge in [0.15, 0.2) is 5.82 Å². The Morgan fingerprint density at radius 1 is 0.925 bits per heavy atom. The molecule has 4 fully saturated rings. The first-order valence-corrected chi connectivity index (χ1v) is 15.9. The molecule has 1 heterocycles. The quantitative estimate of drug-likeness (QED) is 0.276. The van der Waals surface area contributed by atoms with Gasteiger partial charge in [-0.15, -0.1) is 0 Å². The summed E-state index contributed by atoms with van der Waals surface area (Å²) < 4.78 is 0. The highest BCUT2D eigenvalue weighted by Crippen LogP contribution is 2.77. The molecule has 220 valence electrons. The molecule has 40 heavy (non-hydrogen) atoms. The molecular formula is C35H52N2O3. The second-order valence-electron chi connectivity index (χ2n) is 16.0. The van der Waals surface area contributed by atoms with Gasteiger partial charge in [0.2, 0.25) is 6.29 Å². The van der Waals surface area contributed by atoms with Gasteiger partial charge in [-0.05, 0) is 127 Å². The molecule has 5 aliphatic carbocycles. The molecular weight excluding hydrogens is 496 g/mol. The smallest absolute Gasteiger partial charge is 0.214 e. The number of aliphatic hydroxyl groups is 3. The van der Waals surface area contributed by atoms with Crippen LogP contribution >= 0.6 is 0 Å².